The van der Waals surface area contributed by atoms with Gasteiger partial charge in [-0.1, -0.05) is 91.5 Å². The molecule has 0 aliphatic heterocycles. The van der Waals surface area contributed by atoms with Crippen LogP contribution in [-0.4, -0.2) is 44.3 Å². The van der Waals surface area contributed by atoms with Crippen molar-refractivity contribution < 1.29 is 18.0 Å². The molecular weight excluding hydrogens is 593 g/mol. The van der Waals surface area contributed by atoms with Crippen LogP contribution in [0.25, 0.3) is 0 Å². The Morgan fingerprint density at radius 3 is 2.05 bits per heavy atom. The summed E-state index contributed by atoms with van der Waals surface area (Å²) < 4.78 is 28.6. The summed E-state index contributed by atoms with van der Waals surface area (Å²) in [7, 11) is -4.22. The summed E-state index contributed by atoms with van der Waals surface area (Å²) in [5, 5.41) is 3.69. The van der Waals surface area contributed by atoms with E-state index in [4.69, 9.17) is 34.8 Å². The van der Waals surface area contributed by atoms with E-state index in [1.165, 1.54) is 23.1 Å². The lowest BCUT2D eigenvalue weighted by molar-refractivity contribution is -0.140. The summed E-state index contributed by atoms with van der Waals surface area (Å²) in [5.41, 5.74) is 0.590. The van der Waals surface area contributed by atoms with Crippen molar-refractivity contribution >= 4 is 62.3 Å². The number of amides is 2. The smallest absolute Gasteiger partial charge is 0.264 e. The van der Waals surface area contributed by atoms with E-state index in [1.54, 1.807) is 61.5 Å². The Morgan fingerprint density at radius 2 is 1.45 bits per heavy atom. The fourth-order valence-electron chi connectivity index (χ4n) is 4.17. The second kappa shape index (κ2) is 14.7. The number of unbranched alkanes of at least 4 members (excludes halogenated alkanes) is 1. The average molecular weight is 625 g/mol. The van der Waals surface area contributed by atoms with Crippen molar-refractivity contribution in [1.29, 1.82) is 0 Å². The normalized spacial score (nSPS) is 12.0. The van der Waals surface area contributed by atoms with Crippen LogP contribution in [0.15, 0.2) is 77.7 Å². The third kappa shape index (κ3) is 7.69. The van der Waals surface area contributed by atoms with Crippen molar-refractivity contribution in [2.24, 2.45) is 0 Å². The Bertz CT molecular complexity index is 1400. The molecule has 0 aromatic heterocycles. The highest BCUT2D eigenvalue weighted by Crippen LogP contribution is 2.32. The molecule has 0 fully saturated rings. The lowest BCUT2D eigenvalue weighted by atomic mass is 10.1. The van der Waals surface area contributed by atoms with Crippen molar-refractivity contribution in [2.45, 2.75) is 50.6 Å². The van der Waals surface area contributed by atoms with Crippen LogP contribution in [0, 0.1) is 0 Å². The monoisotopic (exact) mass is 623 g/mol. The van der Waals surface area contributed by atoms with Crippen molar-refractivity contribution in [2.75, 3.05) is 17.4 Å². The molecule has 1 N–H and O–H groups in total. The van der Waals surface area contributed by atoms with Gasteiger partial charge in [0.1, 0.15) is 12.6 Å². The van der Waals surface area contributed by atoms with Crippen LogP contribution < -0.4 is 9.62 Å². The molecule has 0 aliphatic carbocycles. The highest BCUT2D eigenvalue weighted by Gasteiger charge is 2.34. The van der Waals surface area contributed by atoms with Gasteiger partial charge in [0.2, 0.25) is 11.8 Å². The molecule has 1 atom stereocenters. The SMILES string of the molecule is CCCCNC(=O)C(CC)N(Cc1c(Cl)cccc1Cl)C(=O)CN(c1ccccc1Cl)S(=O)(=O)c1ccccc1. The maximum atomic E-state index is 14.1. The molecule has 3 aromatic carbocycles. The minimum Gasteiger partial charge on any atom is -0.354 e. The predicted molar refractivity (Wildman–Crippen MR) is 161 cm³/mol. The standard InChI is InChI=1S/C29H32Cl3N3O4S/c1-3-5-18-33-29(37)26(4-2)34(19-22-23(30)15-11-16-24(22)31)28(36)20-35(27-17-10-9-14-25(27)32)40(38,39)21-12-7-6-8-13-21/h6-17,26H,3-5,18-20H2,1-2H3,(H,33,37). The number of hydrogen-bond donors (Lipinski definition) is 1. The second-order valence-electron chi connectivity index (χ2n) is 9.07. The second-order valence-corrected chi connectivity index (χ2v) is 12.2. The van der Waals surface area contributed by atoms with Crippen LogP contribution in [-0.2, 0) is 26.2 Å². The van der Waals surface area contributed by atoms with E-state index in [0.717, 1.165) is 17.1 Å². The summed E-state index contributed by atoms with van der Waals surface area (Å²) in [6.07, 6.45) is 1.95. The summed E-state index contributed by atoms with van der Waals surface area (Å²) in [6.45, 7) is 3.54. The Hall–Kier alpha value is -2.78. The van der Waals surface area contributed by atoms with Gasteiger partial charge < -0.3 is 10.2 Å². The van der Waals surface area contributed by atoms with Crippen LogP contribution in [0.4, 0.5) is 5.69 Å². The van der Waals surface area contributed by atoms with E-state index < -0.39 is 28.5 Å². The zero-order valence-electron chi connectivity index (χ0n) is 22.3. The minimum atomic E-state index is -4.22. The molecule has 0 radical (unpaired) electrons. The van der Waals surface area contributed by atoms with Gasteiger partial charge in [0.25, 0.3) is 10.0 Å². The number of carbonyl (C=O) groups is 2. The fraction of sp³-hybridized carbons (Fsp3) is 0.310. The molecular formula is C29H32Cl3N3O4S. The third-order valence-corrected chi connectivity index (χ3v) is 9.14. The number of nitrogens with zero attached hydrogens (tertiary/aromatic N) is 2. The molecule has 7 nitrogen and oxygen atoms in total. The first kappa shape index (κ1) is 31.7. The van der Waals surface area contributed by atoms with Gasteiger partial charge in [-0.2, -0.15) is 0 Å². The zero-order chi connectivity index (χ0) is 29.3. The molecule has 2 amide bonds. The number of hydrogen-bond acceptors (Lipinski definition) is 4. The molecule has 3 rings (SSSR count). The van der Waals surface area contributed by atoms with Crippen molar-refractivity contribution in [3.8, 4) is 0 Å². The van der Waals surface area contributed by atoms with Crippen LogP contribution >= 0.6 is 34.8 Å². The van der Waals surface area contributed by atoms with Gasteiger partial charge in [-0.05, 0) is 49.2 Å². The molecule has 1 unspecified atom stereocenters. The number of para-hydroxylation sites is 1. The van der Waals surface area contributed by atoms with Crippen LogP contribution in [0.1, 0.15) is 38.7 Å². The number of sulfonamides is 1. The van der Waals surface area contributed by atoms with Gasteiger partial charge in [-0.25, -0.2) is 8.42 Å². The maximum absolute atomic E-state index is 14.1. The van der Waals surface area contributed by atoms with E-state index in [2.05, 4.69) is 5.32 Å². The van der Waals surface area contributed by atoms with Crippen LogP contribution in [0.5, 0.6) is 0 Å². The zero-order valence-corrected chi connectivity index (χ0v) is 25.4. The number of carbonyl (C=O) groups excluding carboxylic acids is 2. The molecule has 0 heterocycles. The fourth-order valence-corrected chi connectivity index (χ4v) is 6.43. The van der Waals surface area contributed by atoms with Crippen molar-refractivity contribution in [1.82, 2.24) is 10.2 Å². The third-order valence-electron chi connectivity index (χ3n) is 6.34. The quantitative estimate of drug-likeness (QED) is 0.218. The van der Waals surface area contributed by atoms with E-state index in [-0.39, 0.29) is 34.5 Å². The van der Waals surface area contributed by atoms with Gasteiger partial charge in [0, 0.05) is 28.7 Å². The summed E-state index contributed by atoms with van der Waals surface area (Å²) in [5.74, 6) is -0.962. The van der Waals surface area contributed by atoms with E-state index in [1.807, 2.05) is 6.92 Å². The lowest BCUT2D eigenvalue weighted by Gasteiger charge is -2.33. The van der Waals surface area contributed by atoms with Gasteiger partial charge in [0.05, 0.1) is 15.6 Å². The Morgan fingerprint density at radius 1 is 0.850 bits per heavy atom. The molecule has 3 aromatic rings. The highest BCUT2D eigenvalue weighted by molar-refractivity contribution is 7.92. The van der Waals surface area contributed by atoms with Gasteiger partial charge in [-0.3, -0.25) is 13.9 Å². The van der Waals surface area contributed by atoms with Gasteiger partial charge in [-0.15, -0.1) is 0 Å². The molecule has 214 valence electrons. The summed E-state index contributed by atoms with van der Waals surface area (Å²) >= 11 is 19.3. The molecule has 0 bridgehead atoms. The van der Waals surface area contributed by atoms with Crippen molar-refractivity contribution in [3.05, 3.63) is 93.4 Å². The summed E-state index contributed by atoms with van der Waals surface area (Å²) in [4.78, 5) is 28.7. The predicted octanol–water partition coefficient (Wildman–Crippen LogP) is 6.57. The molecule has 40 heavy (non-hydrogen) atoms. The Labute approximate surface area is 251 Å². The first-order valence-electron chi connectivity index (χ1n) is 12.9. The largest absolute Gasteiger partial charge is 0.354 e. The first-order valence-corrected chi connectivity index (χ1v) is 15.5. The molecule has 11 heteroatoms. The lowest BCUT2D eigenvalue weighted by Crippen LogP contribution is -2.52. The van der Waals surface area contributed by atoms with E-state index >= 15 is 0 Å². The molecule has 0 saturated carbocycles. The number of halogens is 3. The molecule has 0 aliphatic rings. The van der Waals surface area contributed by atoms with Gasteiger partial charge >= 0.3 is 0 Å². The number of rotatable bonds is 13. The van der Waals surface area contributed by atoms with Gasteiger partial charge in [0.15, 0.2) is 0 Å². The Kier molecular flexibility index (Phi) is 11.7. The van der Waals surface area contributed by atoms with Crippen molar-refractivity contribution in [3.63, 3.8) is 0 Å². The number of benzene rings is 3. The Balaban J connectivity index is 2.08. The van der Waals surface area contributed by atoms with Crippen LogP contribution in [0.3, 0.4) is 0 Å². The average Bonchev–Trinajstić information content (AvgIpc) is 2.94. The summed E-state index contributed by atoms with van der Waals surface area (Å²) in [6, 6.07) is 18.2. The first-order chi connectivity index (χ1) is 19.1. The number of nitrogens with one attached hydrogen (secondary N) is 1. The topological polar surface area (TPSA) is 86.8 Å². The highest BCUT2D eigenvalue weighted by atomic mass is 35.5. The molecule has 0 spiro atoms. The maximum Gasteiger partial charge on any atom is 0.264 e. The number of anilines is 1. The van der Waals surface area contributed by atoms with E-state index in [9.17, 15) is 18.0 Å². The van der Waals surface area contributed by atoms with E-state index in [0.29, 0.717) is 22.2 Å². The van der Waals surface area contributed by atoms with Crippen LogP contribution in [0.2, 0.25) is 15.1 Å². The molecule has 0 saturated heterocycles. The minimum absolute atomic E-state index is 0.00670.